The summed E-state index contributed by atoms with van der Waals surface area (Å²) >= 11 is 0. The summed E-state index contributed by atoms with van der Waals surface area (Å²) in [7, 11) is 0. The molecule has 190 valence electrons. The summed E-state index contributed by atoms with van der Waals surface area (Å²) in [5.74, 6) is 1.78. The molecule has 1 atom stereocenters. The number of amides is 1. The number of hydrogen-bond donors (Lipinski definition) is 2. The van der Waals surface area contributed by atoms with E-state index in [1.165, 1.54) is 5.56 Å². The molecule has 2 N–H and O–H groups in total. The highest BCUT2D eigenvalue weighted by Gasteiger charge is 2.42. The highest BCUT2D eigenvalue weighted by molar-refractivity contribution is 5.94. The molecule has 5 rings (SSSR count). The van der Waals surface area contributed by atoms with Crippen molar-refractivity contribution < 1.29 is 18.7 Å². The van der Waals surface area contributed by atoms with E-state index in [1.807, 2.05) is 56.3 Å². The molecular formula is C30H36N2O4. The Kier molecular flexibility index (Phi) is 7.44. The lowest BCUT2D eigenvalue weighted by atomic mass is 9.78. The van der Waals surface area contributed by atoms with Crippen LogP contribution in [-0.2, 0) is 9.47 Å². The summed E-state index contributed by atoms with van der Waals surface area (Å²) < 4.78 is 18.2. The van der Waals surface area contributed by atoms with E-state index in [9.17, 15) is 4.79 Å². The zero-order chi connectivity index (χ0) is 25.0. The van der Waals surface area contributed by atoms with Gasteiger partial charge in [0.25, 0.3) is 5.91 Å². The Hall–Kier alpha value is -3.09. The molecule has 1 amide bonds. The first kappa shape index (κ1) is 24.6. The summed E-state index contributed by atoms with van der Waals surface area (Å²) in [6.45, 7) is 6.15. The van der Waals surface area contributed by atoms with Crippen LogP contribution in [0.15, 0.2) is 65.1 Å². The molecule has 2 heterocycles. The van der Waals surface area contributed by atoms with Crippen LogP contribution in [0.25, 0.3) is 11.3 Å². The van der Waals surface area contributed by atoms with Crippen LogP contribution < -0.4 is 10.6 Å². The summed E-state index contributed by atoms with van der Waals surface area (Å²) in [5, 5.41) is 6.73. The van der Waals surface area contributed by atoms with E-state index in [0.29, 0.717) is 31.2 Å². The van der Waals surface area contributed by atoms with Crippen molar-refractivity contribution in [2.75, 3.05) is 25.1 Å². The first-order chi connectivity index (χ1) is 17.6. The van der Waals surface area contributed by atoms with Gasteiger partial charge in [0.2, 0.25) is 0 Å². The summed E-state index contributed by atoms with van der Waals surface area (Å²) in [6.07, 6.45) is 4.71. The summed E-state index contributed by atoms with van der Waals surface area (Å²) in [4.78, 5) is 12.3. The lowest BCUT2D eigenvalue weighted by Gasteiger charge is -2.39. The third-order valence-electron chi connectivity index (χ3n) is 7.43. The van der Waals surface area contributed by atoms with E-state index in [-0.39, 0.29) is 11.9 Å². The van der Waals surface area contributed by atoms with Gasteiger partial charge >= 0.3 is 0 Å². The molecule has 6 heteroatoms. The molecule has 1 unspecified atom stereocenters. The van der Waals surface area contributed by atoms with E-state index < -0.39 is 5.79 Å². The number of furan rings is 1. The van der Waals surface area contributed by atoms with Gasteiger partial charge in [-0.1, -0.05) is 37.3 Å². The number of nitrogens with one attached hydrogen (secondary N) is 2. The van der Waals surface area contributed by atoms with Gasteiger partial charge in [-0.2, -0.15) is 0 Å². The van der Waals surface area contributed by atoms with Crippen LogP contribution in [0.1, 0.15) is 66.8 Å². The van der Waals surface area contributed by atoms with E-state index in [2.05, 4.69) is 28.8 Å². The molecule has 2 fully saturated rings. The van der Waals surface area contributed by atoms with Gasteiger partial charge in [-0.05, 0) is 62.4 Å². The molecule has 6 nitrogen and oxygen atoms in total. The van der Waals surface area contributed by atoms with Crippen LogP contribution in [-0.4, -0.2) is 31.5 Å². The minimum absolute atomic E-state index is 0.0349. The van der Waals surface area contributed by atoms with Crippen LogP contribution in [0.3, 0.4) is 0 Å². The average Bonchev–Trinajstić information content (AvgIpc) is 3.54. The van der Waals surface area contributed by atoms with Crippen LogP contribution in [0, 0.1) is 12.8 Å². The van der Waals surface area contributed by atoms with Gasteiger partial charge in [-0.15, -0.1) is 0 Å². The Balaban J connectivity index is 1.39. The predicted molar refractivity (Wildman–Crippen MR) is 141 cm³/mol. The SMILES string of the molecule is CCCNC(=O)c1ccc(NC(c2cc(-c3ccccc3)oc2C)C2CCC3(CC2)OCCO3)cc1. The normalized spacial score (nSPS) is 18.3. The minimum Gasteiger partial charge on any atom is -0.461 e. The lowest BCUT2D eigenvalue weighted by Crippen LogP contribution is -2.37. The van der Waals surface area contributed by atoms with Gasteiger partial charge < -0.3 is 24.5 Å². The Morgan fingerprint density at radius 2 is 1.72 bits per heavy atom. The topological polar surface area (TPSA) is 72.7 Å². The Bertz CT molecular complexity index is 1140. The van der Waals surface area contributed by atoms with Gasteiger partial charge in [-0.25, -0.2) is 0 Å². The first-order valence-corrected chi connectivity index (χ1v) is 13.2. The fourth-order valence-corrected chi connectivity index (χ4v) is 5.44. The summed E-state index contributed by atoms with van der Waals surface area (Å²) in [5.41, 5.74) is 3.91. The van der Waals surface area contributed by atoms with Crippen molar-refractivity contribution in [3.63, 3.8) is 0 Å². The maximum absolute atomic E-state index is 12.3. The Labute approximate surface area is 213 Å². The van der Waals surface area contributed by atoms with Crippen LogP contribution in [0.4, 0.5) is 5.69 Å². The largest absolute Gasteiger partial charge is 0.461 e. The molecular weight excluding hydrogens is 452 g/mol. The number of ether oxygens (including phenoxy) is 2. The molecule has 3 aromatic rings. The van der Waals surface area contributed by atoms with Gasteiger partial charge in [0.15, 0.2) is 5.79 Å². The van der Waals surface area contributed by atoms with Crippen molar-refractivity contribution in [1.82, 2.24) is 5.32 Å². The Morgan fingerprint density at radius 1 is 1.03 bits per heavy atom. The molecule has 2 aromatic carbocycles. The number of benzene rings is 2. The quantitative estimate of drug-likeness (QED) is 0.380. The second kappa shape index (κ2) is 10.9. The smallest absolute Gasteiger partial charge is 0.251 e. The second-order valence-electron chi connectivity index (χ2n) is 9.89. The number of carbonyl (C=O) groups excluding carboxylic acids is 1. The van der Waals surface area contributed by atoms with Crippen molar-refractivity contribution in [3.8, 4) is 11.3 Å². The van der Waals surface area contributed by atoms with Crippen molar-refractivity contribution in [1.29, 1.82) is 0 Å². The maximum Gasteiger partial charge on any atom is 0.251 e. The van der Waals surface area contributed by atoms with Gasteiger partial charge in [0, 0.05) is 41.8 Å². The van der Waals surface area contributed by atoms with E-state index in [1.54, 1.807) is 0 Å². The molecule has 0 radical (unpaired) electrons. The zero-order valence-electron chi connectivity index (χ0n) is 21.2. The Morgan fingerprint density at radius 3 is 2.39 bits per heavy atom. The first-order valence-electron chi connectivity index (χ1n) is 13.2. The maximum atomic E-state index is 12.3. The third kappa shape index (κ3) is 5.35. The van der Waals surface area contributed by atoms with Crippen LogP contribution >= 0.6 is 0 Å². The lowest BCUT2D eigenvalue weighted by molar-refractivity contribution is -0.183. The minimum atomic E-state index is -0.394. The molecule has 1 spiro atoms. The second-order valence-corrected chi connectivity index (χ2v) is 9.89. The van der Waals surface area contributed by atoms with Crippen LogP contribution in [0.5, 0.6) is 0 Å². The molecule has 1 aliphatic heterocycles. The zero-order valence-corrected chi connectivity index (χ0v) is 21.2. The number of anilines is 1. The van der Waals surface area contributed by atoms with Crippen molar-refractivity contribution >= 4 is 11.6 Å². The van der Waals surface area contributed by atoms with E-state index in [0.717, 1.165) is 54.9 Å². The highest BCUT2D eigenvalue weighted by atomic mass is 16.7. The standard InChI is InChI=1S/C30H36N2O4/c1-3-17-31-29(33)24-9-11-25(12-10-24)32-28(23-13-15-30(16-14-23)34-18-19-35-30)26-20-27(36-21(26)2)22-7-5-4-6-8-22/h4-12,20,23,28,32H,3,13-19H2,1-2H3,(H,31,33). The predicted octanol–water partition coefficient (Wildman–Crippen LogP) is 6.48. The molecule has 2 aliphatic rings. The van der Waals surface area contributed by atoms with Gasteiger partial charge in [0.1, 0.15) is 11.5 Å². The molecule has 0 bridgehead atoms. The number of hydrogen-bond acceptors (Lipinski definition) is 5. The molecule has 1 saturated carbocycles. The molecule has 1 aromatic heterocycles. The van der Waals surface area contributed by atoms with Crippen molar-refractivity contribution in [2.45, 2.75) is 57.8 Å². The number of aryl methyl sites for hydroxylation is 1. The van der Waals surface area contributed by atoms with Crippen molar-refractivity contribution in [2.24, 2.45) is 5.92 Å². The summed E-state index contributed by atoms with van der Waals surface area (Å²) in [6, 6.07) is 20.2. The van der Waals surface area contributed by atoms with Gasteiger partial charge in [-0.3, -0.25) is 4.79 Å². The molecule has 36 heavy (non-hydrogen) atoms. The highest BCUT2D eigenvalue weighted by Crippen LogP contribution is 2.45. The average molecular weight is 489 g/mol. The fraction of sp³-hybridized carbons (Fsp3) is 0.433. The monoisotopic (exact) mass is 488 g/mol. The number of rotatable bonds is 8. The van der Waals surface area contributed by atoms with Gasteiger partial charge in [0.05, 0.1) is 19.3 Å². The fourth-order valence-electron chi connectivity index (χ4n) is 5.44. The molecule has 1 saturated heterocycles. The number of carbonyl (C=O) groups is 1. The molecule has 1 aliphatic carbocycles. The van der Waals surface area contributed by atoms with Crippen molar-refractivity contribution in [3.05, 3.63) is 77.6 Å². The van der Waals surface area contributed by atoms with Crippen LogP contribution in [0.2, 0.25) is 0 Å². The van der Waals surface area contributed by atoms with E-state index >= 15 is 0 Å². The third-order valence-corrected chi connectivity index (χ3v) is 7.43. The van der Waals surface area contributed by atoms with E-state index in [4.69, 9.17) is 13.9 Å².